The normalized spacial score (nSPS) is 13.0. The van der Waals surface area contributed by atoms with Gasteiger partial charge in [0.1, 0.15) is 6.04 Å². The second kappa shape index (κ2) is 11.3. The zero-order chi connectivity index (χ0) is 23.8. The molecule has 0 bridgehead atoms. The summed E-state index contributed by atoms with van der Waals surface area (Å²) >= 11 is 0. The lowest BCUT2D eigenvalue weighted by Gasteiger charge is -2.33. The molecule has 4 amide bonds. The van der Waals surface area contributed by atoms with Crippen molar-refractivity contribution in [3.63, 3.8) is 0 Å². The third-order valence-electron chi connectivity index (χ3n) is 4.46. The number of amides is 4. The fourth-order valence-corrected chi connectivity index (χ4v) is 2.73. The number of benzene rings is 1. The third kappa shape index (κ3) is 7.87. The van der Waals surface area contributed by atoms with Gasteiger partial charge in [-0.1, -0.05) is 0 Å². The standard InChI is InChI=1S/C20H30N4O7/c1-12(25)15(18(28)23-31)22-17(27)14-8-6-13(7-9-14)16(26)21-10-5-11-24(19(29)30)20(2,3)4/h6-9,12,15,25,31H,5,10-11H2,1-4H3,(H,21,26)(H,22,27)(H,23,28)(H,29,30)/t12-,15+/m1/s1. The number of carboxylic acid groups (broad SMARTS) is 1. The first-order valence-corrected chi connectivity index (χ1v) is 9.70. The lowest BCUT2D eigenvalue weighted by atomic mass is 10.1. The number of hydroxylamine groups is 1. The summed E-state index contributed by atoms with van der Waals surface area (Å²) in [5, 5.41) is 32.5. The van der Waals surface area contributed by atoms with Crippen molar-refractivity contribution >= 4 is 23.8 Å². The molecular formula is C20H30N4O7. The topological polar surface area (TPSA) is 168 Å². The molecule has 0 aliphatic carbocycles. The van der Waals surface area contributed by atoms with E-state index in [0.29, 0.717) is 12.0 Å². The van der Waals surface area contributed by atoms with Crippen LogP contribution in [-0.2, 0) is 4.79 Å². The maximum absolute atomic E-state index is 12.2. The van der Waals surface area contributed by atoms with Gasteiger partial charge in [0.05, 0.1) is 6.10 Å². The van der Waals surface area contributed by atoms with Gasteiger partial charge in [-0.25, -0.2) is 10.3 Å². The van der Waals surface area contributed by atoms with E-state index in [4.69, 9.17) is 5.21 Å². The summed E-state index contributed by atoms with van der Waals surface area (Å²) in [6.45, 7) is 7.19. The second-order valence-corrected chi connectivity index (χ2v) is 7.96. The fourth-order valence-electron chi connectivity index (χ4n) is 2.73. The maximum atomic E-state index is 12.2. The number of hydrogen-bond donors (Lipinski definition) is 6. The highest BCUT2D eigenvalue weighted by atomic mass is 16.5. The molecule has 0 spiro atoms. The molecule has 0 aromatic heterocycles. The number of rotatable bonds is 9. The Hall–Kier alpha value is -3.18. The Labute approximate surface area is 180 Å². The number of aliphatic hydroxyl groups is 1. The maximum Gasteiger partial charge on any atom is 0.407 e. The molecule has 0 unspecified atom stereocenters. The smallest absolute Gasteiger partial charge is 0.407 e. The van der Waals surface area contributed by atoms with Crippen LogP contribution < -0.4 is 16.1 Å². The number of carbonyl (C=O) groups is 4. The Morgan fingerprint density at radius 1 is 1.03 bits per heavy atom. The molecule has 0 aliphatic rings. The van der Waals surface area contributed by atoms with Crippen LogP contribution in [0.1, 0.15) is 54.8 Å². The summed E-state index contributed by atoms with van der Waals surface area (Å²) in [4.78, 5) is 48.6. The van der Waals surface area contributed by atoms with Crippen LogP contribution in [0.15, 0.2) is 24.3 Å². The predicted octanol–water partition coefficient (Wildman–Crippen LogP) is 0.570. The zero-order valence-electron chi connectivity index (χ0n) is 18.0. The molecule has 6 N–H and O–H groups in total. The highest BCUT2D eigenvalue weighted by molar-refractivity contribution is 5.99. The first-order chi connectivity index (χ1) is 14.4. The van der Waals surface area contributed by atoms with Crippen LogP contribution in [0.5, 0.6) is 0 Å². The molecule has 11 nitrogen and oxygen atoms in total. The Bertz CT molecular complexity index is 788. The minimum atomic E-state index is -1.35. The van der Waals surface area contributed by atoms with Crippen molar-refractivity contribution in [2.45, 2.75) is 51.8 Å². The molecule has 1 rings (SSSR count). The minimum Gasteiger partial charge on any atom is -0.465 e. The van der Waals surface area contributed by atoms with Crippen molar-refractivity contribution in [3.8, 4) is 0 Å². The van der Waals surface area contributed by atoms with Crippen molar-refractivity contribution in [2.24, 2.45) is 0 Å². The summed E-state index contributed by atoms with van der Waals surface area (Å²) in [6, 6.07) is 4.26. The largest absolute Gasteiger partial charge is 0.465 e. The average molecular weight is 438 g/mol. The van der Waals surface area contributed by atoms with Gasteiger partial charge in [0.15, 0.2) is 0 Å². The highest BCUT2D eigenvalue weighted by Crippen LogP contribution is 2.13. The van der Waals surface area contributed by atoms with Crippen LogP contribution in [-0.4, -0.2) is 74.9 Å². The molecule has 11 heteroatoms. The van der Waals surface area contributed by atoms with Crippen molar-refractivity contribution in [2.75, 3.05) is 13.1 Å². The molecule has 2 atom stereocenters. The first kappa shape index (κ1) is 25.9. The first-order valence-electron chi connectivity index (χ1n) is 9.70. The van der Waals surface area contributed by atoms with Gasteiger partial charge < -0.3 is 25.7 Å². The molecule has 1 aromatic rings. The molecule has 0 radical (unpaired) electrons. The molecule has 31 heavy (non-hydrogen) atoms. The Morgan fingerprint density at radius 3 is 1.97 bits per heavy atom. The molecule has 172 valence electrons. The van der Waals surface area contributed by atoms with Crippen LogP contribution in [0, 0.1) is 0 Å². The number of aliphatic hydroxyl groups excluding tert-OH is 1. The van der Waals surface area contributed by atoms with E-state index >= 15 is 0 Å². The fraction of sp³-hybridized carbons (Fsp3) is 0.500. The van der Waals surface area contributed by atoms with Gasteiger partial charge in [-0.05, 0) is 58.4 Å². The van der Waals surface area contributed by atoms with Crippen LogP contribution in [0.3, 0.4) is 0 Å². The monoisotopic (exact) mass is 438 g/mol. The van der Waals surface area contributed by atoms with Crippen molar-refractivity contribution in [1.82, 2.24) is 21.0 Å². The summed E-state index contributed by atoms with van der Waals surface area (Å²) in [5.74, 6) is -2.02. The SMILES string of the molecule is C[C@@H](O)[C@H](NC(=O)c1ccc(C(=O)NCCCN(C(=O)O)C(C)(C)C)cc1)C(=O)NO. The van der Waals surface area contributed by atoms with E-state index in [1.807, 2.05) is 0 Å². The number of carbonyl (C=O) groups excluding carboxylic acids is 3. The molecule has 0 aliphatic heterocycles. The predicted molar refractivity (Wildman–Crippen MR) is 111 cm³/mol. The van der Waals surface area contributed by atoms with Crippen LogP contribution in [0.2, 0.25) is 0 Å². The number of hydrogen-bond acceptors (Lipinski definition) is 6. The number of nitrogens with one attached hydrogen (secondary N) is 3. The molecule has 0 saturated heterocycles. The van der Waals surface area contributed by atoms with E-state index in [0.717, 1.165) is 0 Å². The molecule has 0 saturated carbocycles. The second-order valence-electron chi connectivity index (χ2n) is 7.96. The van der Waals surface area contributed by atoms with Gasteiger partial charge in [-0.2, -0.15) is 0 Å². The molecule has 0 fully saturated rings. The van der Waals surface area contributed by atoms with Gasteiger partial charge >= 0.3 is 6.09 Å². The zero-order valence-corrected chi connectivity index (χ0v) is 18.0. The minimum absolute atomic E-state index is 0.148. The highest BCUT2D eigenvalue weighted by Gasteiger charge is 2.26. The van der Waals surface area contributed by atoms with Crippen molar-refractivity contribution in [1.29, 1.82) is 0 Å². The molecule has 1 aromatic carbocycles. The lowest BCUT2D eigenvalue weighted by Crippen LogP contribution is -2.51. The Kier molecular flexibility index (Phi) is 9.41. The Balaban J connectivity index is 2.62. The Morgan fingerprint density at radius 2 is 1.55 bits per heavy atom. The average Bonchev–Trinajstić information content (AvgIpc) is 2.69. The van der Waals surface area contributed by atoms with E-state index in [1.54, 1.807) is 20.8 Å². The summed E-state index contributed by atoms with van der Waals surface area (Å²) < 4.78 is 0. The summed E-state index contributed by atoms with van der Waals surface area (Å²) in [6.07, 6.45) is -1.83. The van der Waals surface area contributed by atoms with Gasteiger partial charge in [-0.3, -0.25) is 19.6 Å². The van der Waals surface area contributed by atoms with Gasteiger partial charge in [0.2, 0.25) is 0 Å². The quantitative estimate of drug-likeness (QED) is 0.186. The van der Waals surface area contributed by atoms with Crippen LogP contribution in [0.4, 0.5) is 4.79 Å². The lowest BCUT2D eigenvalue weighted by molar-refractivity contribution is -0.133. The molecule has 0 heterocycles. The van der Waals surface area contributed by atoms with E-state index in [1.165, 1.54) is 41.6 Å². The van der Waals surface area contributed by atoms with Crippen LogP contribution in [0.25, 0.3) is 0 Å². The molecular weight excluding hydrogens is 408 g/mol. The van der Waals surface area contributed by atoms with E-state index in [-0.39, 0.29) is 24.6 Å². The summed E-state index contributed by atoms with van der Waals surface area (Å²) in [5.41, 5.74) is 1.27. The van der Waals surface area contributed by atoms with Crippen LogP contribution >= 0.6 is 0 Å². The van der Waals surface area contributed by atoms with Crippen molar-refractivity contribution < 1.29 is 34.6 Å². The van der Waals surface area contributed by atoms with Gasteiger partial charge in [0, 0.05) is 29.8 Å². The third-order valence-corrected chi connectivity index (χ3v) is 4.46. The summed E-state index contributed by atoms with van der Waals surface area (Å²) in [7, 11) is 0. The van der Waals surface area contributed by atoms with E-state index in [2.05, 4.69) is 10.6 Å². The van der Waals surface area contributed by atoms with E-state index in [9.17, 15) is 29.4 Å². The van der Waals surface area contributed by atoms with Gasteiger partial charge in [-0.15, -0.1) is 0 Å². The van der Waals surface area contributed by atoms with E-state index < -0.39 is 35.6 Å². The number of nitrogens with zero attached hydrogens (tertiary/aromatic N) is 1. The van der Waals surface area contributed by atoms with Crippen molar-refractivity contribution in [3.05, 3.63) is 35.4 Å². The van der Waals surface area contributed by atoms with Gasteiger partial charge in [0.25, 0.3) is 17.7 Å².